The molecule has 1 aromatic rings. The minimum Gasteiger partial charge on any atom is -0.296 e. The molecule has 88 valence electrons. The second-order valence-corrected chi connectivity index (χ2v) is 5.32. The van der Waals surface area contributed by atoms with Crippen LogP contribution in [0.4, 0.5) is 0 Å². The SMILES string of the molecule is CC1CCN(Cc2ccnc(Cl)c2)C(C)C1. The zero-order valence-corrected chi connectivity index (χ0v) is 10.7. The quantitative estimate of drug-likeness (QED) is 0.735. The number of pyridine rings is 1. The Labute approximate surface area is 103 Å². The summed E-state index contributed by atoms with van der Waals surface area (Å²) in [5.41, 5.74) is 1.27. The minimum atomic E-state index is 0.593. The molecule has 0 aromatic carbocycles. The van der Waals surface area contributed by atoms with E-state index in [9.17, 15) is 0 Å². The molecule has 2 unspecified atom stereocenters. The molecule has 3 heteroatoms. The Morgan fingerprint density at radius 3 is 3.00 bits per heavy atom. The molecule has 0 amide bonds. The molecule has 1 aliphatic rings. The Hall–Kier alpha value is -0.600. The van der Waals surface area contributed by atoms with Crippen LogP contribution in [0.15, 0.2) is 18.3 Å². The van der Waals surface area contributed by atoms with Crippen molar-refractivity contribution in [3.63, 3.8) is 0 Å². The van der Waals surface area contributed by atoms with Gasteiger partial charge in [0.15, 0.2) is 0 Å². The lowest BCUT2D eigenvalue weighted by atomic mass is 9.93. The Bertz CT molecular complexity index is 354. The topological polar surface area (TPSA) is 16.1 Å². The van der Waals surface area contributed by atoms with E-state index < -0.39 is 0 Å². The summed E-state index contributed by atoms with van der Waals surface area (Å²) in [5.74, 6) is 0.868. The number of halogens is 1. The summed E-state index contributed by atoms with van der Waals surface area (Å²) in [5, 5.41) is 0.593. The Morgan fingerprint density at radius 2 is 2.31 bits per heavy atom. The molecule has 2 atom stereocenters. The van der Waals surface area contributed by atoms with Crippen molar-refractivity contribution in [1.82, 2.24) is 9.88 Å². The van der Waals surface area contributed by atoms with Crippen molar-refractivity contribution >= 4 is 11.6 Å². The van der Waals surface area contributed by atoms with Crippen molar-refractivity contribution in [2.75, 3.05) is 6.54 Å². The highest BCUT2D eigenvalue weighted by atomic mass is 35.5. The third-order valence-corrected chi connectivity index (χ3v) is 3.66. The average molecular weight is 239 g/mol. The van der Waals surface area contributed by atoms with E-state index in [2.05, 4.69) is 29.8 Å². The van der Waals surface area contributed by atoms with Gasteiger partial charge >= 0.3 is 0 Å². The molecule has 0 spiro atoms. The Balaban J connectivity index is 1.99. The van der Waals surface area contributed by atoms with E-state index in [0.717, 1.165) is 12.5 Å². The molecule has 16 heavy (non-hydrogen) atoms. The van der Waals surface area contributed by atoms with Gasteiger partial charge in [0.2, 0.25) is 0 Å². The lowest BCUT2D eigenvalue weighted by molar-refractivity contribution is 0.122. The van der Waals surface area contributed by atoms with E-state index >= 15 is 0 Å². The van der Waals surface area contributed by atoms with Gasteiger partial charge in [-0.05, 0) is 49.9 Å². The van der Waals surface area contributed by atoms with Crippen LogP contribution in [-0.4, -0.2) is 22.5 Å². The van der Waals surface area contributed by atoms with Gasteiger partial charge in [-0.3, -0.25) is 4.90 Å². The first-order valence-corrected chi connectivity index (χ1v) is 6.37. The van der Waals surface area contributed by atoms with Crippen LogP contribution >= 0.6 is 11.6 Å². The molecule has 0 aliphatic carbocycles. The summed E-state index contributed by atoms with van der Waals surface area (Å²) < 4.78 is 0. The van der Waals surface area contributed by atoms with Gasteiger partial charge in [0, 0.05) is 18.8 Å². The second kappa shape index (κ2) is 5.15. The van der Waals surface area contributed by atoms with E-state index in [-0.39, 0.29) is 0 Å². The van der Waals surface area contributed by atoms with Crippen LogP contribution in [-0.2, 0) is 6.54 Å². The molecular formula is C13H19ClN2. The van der Waals surface area contributed by atoms with Crippen molar-refractivity contribution in [2.24, 2.45) is 5.92 Å². The van der Waals surface area contributed by atoms with E-state index in [1.165, 1.54) is 24.9 Å². The summed E-state index contributed by atoms with van der Waals surface area (Å²) in [4.78, 5) is 6.54. The normalized spacial score (nSPS) is 26.9. The number of aromatic nitrogens is 1. The highest BCUT2D eigenvalue weighted by Crippen LogP contribution is 2.23. The first-order valence-electron chi connectivity index (χ1n) is 5.99. The van der Waals surface area contributed by atoms with Crippen LogP contribution in [0.2, 0.25) is 5.15 Å². The van der Waals surface area contributed by atoms with Gasteiger partial charge in [0.1, 0.15) is 5.15 Å². The van der Waals surface area contributed by atoms with Crippen LogP contribution in [0, 0.1) is 5.92 Å². The summed E-state index contributed by atoms with van der Waals surface area (Å²) in [6, 6.07) is 4.69. The maximum absolute atomic E-state index is 5.89. The predicted octanol–water partition coefficient (Wildman–Crippen LogP) is 3.36. The molecule has 2 nitrogen and oxygen atoms in total. The zero-order chi connectivity index (χ0) is 11.5. The monoisotopic (exact) mass is 238 g/mol. The van der Waals surface area contributed by atoms with E-state index in [0.29, 0.717) is 11.2 Å². The van der Waals surface area contributed by atoms with Crippen LogP contribution < -0.4 is 0 Å². The number of rotatable bonds is 2. The van der Waals surface area contributed by atoms with Gasteiger partial charge in [-0.2, -0.15) is 0 Å². The van der Waals surface area contributed by atoms with E-state index in [1.807, 2.05) is 6.07 Å². The number of piperidine rings is 1. The fourth-order valence-electron chi connectivity index (χ4n) is 2.47. The maximum atomic E-state index is 5.89. The van der Waals surface area contributed by atoms with Crippen molar-refractivity contribution < 1.29 is 0 Å². The predicted molar refractivity (Wildman–Crippen MR) is 67.5 cm³/mol. The zero-order valence-electron chi connectivity index (χ0n) is 9.99. The third-order valence-electron chi connectivity index (χ3n) is 3.45. The molecule has 1 aromatic heterocycles. The molecule has 0 saturated carbocycles. The van der Waals surface area contributed by atoms with Gasteiger partial charge in [0.25, 0.3) is 0 Å². The van der Waals surface area contributed by atoms with Crippen LogP contribution in [0.3, 0.4) is 0 Å². The lowest BCUT2D eigenvalue weighted by Gasteiger charge is -2.36. The number of hydrogen-bond acceptors (Lipinski definition) is 2. The molecule has 1 aliphatic heterocycles. The molecule has 2 rings (SSSR count). The van der Waals surface area contributed by atoms with Crippen LogP contribution in [0.1, 0.15) is 32.3 Å². The number of hydrogen-bond donors (Lipinski definition) is 0. The molecule has 0 radical (unpaired) electrons. The highest BCUT2D eigenvalue weighted by molar-refractivity contribution is 6.29. The Kier molecular flexibility index (Phi) is 3.82. The lowest BCUT2D eigenvalue weighted by Crippen LogP contribution is -2.39. The summed E-state index contributed by atoms with van der Waals surface area (Å²) >= 11 is 5.89. The van der Waals surface area contributed by atoms with E-state index in [1.54, 1.807) is 6.20 Å². The summed E-state index contributed by atoms with van der Waals surface area (Å²) in [6.45, 7) is 6.86. The fraction of sp³-hybridized carbons (Fsp3) is 0.615. The highest BCUT2D eigenvalue weighted by Gasteiger charge is 2.22. The minimum absolute atomic E-state index is 0.593. The second-order valence-electron chi connectivity index (χ2n) is 4.94. The van der Waals surface area contributed by atoms with Gasteiger partial charge in [-0.15, -0.1) is 0 Å². The number of likely N-dealkylation sites (tertiary alicyclic amines) is 1. The van der Waals surface area contributed by atoms with E-state index in [4.69, 9.17) is 11.6 Å². The first kappa shape index (κ1) is 11.9. The summed E-state index contributed by atoms with van der Waals surface area (Å²) in [7, 11) is 0. The molecule has 2 heterocycles. The maximum Gasteiger partial charge on any atom is 0.129 e. The molecule has 1 fully saturated rings. The van der Waals surface area contributed by atoms with Crippen molar-refractivity contribution in [2.45, 2.75) is 39.3 Å². The van der Waals surface area contributed by atoms with Crippen molar-refractivity contribution in [3.05, 3.63) is 29.0 Å². The largest absolute Gasteiger partial charge is 0.296 e. The van der Waals surface area contributed by atoms with Crippen LogP contribution in [0.5, 0.6) is 0 Å². The molecule has 1 saturated heterocycles. The third kappa shape index (κ3) is 2.96. The Morgan fingerprint density at radius 1 is 1.50 bits per heavy atom. The standard InChI is InChI=1S/C13H19ClN2/c1-10-4-6-16(11(2)7-10)9-12-3-5-15-13(14)8-12/h3,5,8,10-11H,4,6-7,9H2,1-2H3. The molecule has 0 N–H and O–H groups in total. The smallest absolute Gasteiger partial charge is 0.129 e. The van der Waals surface area contributed by atoms with Crippen molar-refractivity contribution in [1.29, 1.82) is 0 Å². The van der Waals surface area contributed by atoms with Gasteiger partial charge < -0.3 is 0 Å². The van der Waals surface area contributed by atoms with Gasteiger partial charge in [-0.1, -0.05) is 18.5 Å². The first-order chi connectivity index (χ1) is 7.65. The molecular weight excluding hydrogens is 220 g/mol. The van der Waals surface area contributed by atoms with Crippen LogP contribution in [0.25, 0.3) is 0 Å². The van der Waals surface area contributed by atoms with Gasteiger partial charge in [0.05, 0.1) is 0 Å². The number of nitrogens with zero attached hydrogens (tertiary/aromatic N) is 2. The summed E-state index contributed by atoms with van der Waals surface area (Å²) in [6.07, 6.45) is 4.40. The fourth-order valence-corrected chi connectivity index (χ4v) is 2.66. The van der Waals surface area contributed by atoms with Crippen molar-refractivity contribution in [3.8, 4) is 0 Å². The van der Waals surface area contributed by atoms with Gasteiger partial charge in [-0.25, -0.2) is 4.98 Å². The molecule has 0 bridgehead atoms. The average Bonchev–Trinajstić information content (AvgIpc) is 2.22.